The minimum atomic E-state index is -0.865. The van der Waals surface area contributed by atoms with Crippen LogP contribution in [-0.4, -0.2) is 82.1 Å². The molecule has 0 amide bonds. The van der Waals surface area contributed by atoms with Crippen molar-refractivity contribution in [2.45, 2.75) is 83.0 Å². The zero-order chi connectivity index (χ0) is 32.0. The molecule has 0 saturated carbocycles. The first-order chi connectivity index (χ1) is 22.2. The summed E-state index contributed by atoms with van der Waals surface area (Å²) >= 11 is 0. The number of carbonyl (C=O) groups is 1. The zero-order valence-corrected chi connectivity index (χ0v) is 26.5. The normalized spacial score (nSPS) is 25.3. The van der Waals surface area contributed by atoms with E-state index < -0.39 is 12.1 Å². The summed E-state index contributed by atoms with van der Waals surface area (Å²) in [6.07, 6.45) is 5.52. The van der Waals surface area contributed by atoms with Gasteiger partial charge in [-0.2, -0.15) is 9.97 Å². The predicted octanol–water partition coefficient (Wildman–Crippen LogP) is 5.64. The van der Waals surface area contributed by atoms with E-state index in [1.807, 2.05) is 6.92 Å². The molecule has 3 atom stereocenters. The molecule has 246 valence electrons. The maximum absolute atomic E-state index is 15.0. The summed E-state index contributed by atoms with van der Waals surface area (Å²) < 4.78 is 35.9. The molecule has 46 heavy (non-hydrogen) atoms. The number of halogens is 2. The minimum Gasteiger partial charge on any atom is -0.508 e. The van der Waals surface area contributed by atoms with Crippen LogP contribution in [0.4, 0.5) is 20.3 Å². The fourth-order valence-electron chi connectivity index (χ4n) is 8.36. The third-order valence-electron chi connectivity index (χ3n) is 10.7. The molecular weight excluding hydrogens is 592 g/mol. The number of anilines is 2. The number of hydrogen-bond acceptors (Lipinski definition) is 8. The Morgan fingerprint density at radius 1 is 1.09 bits per heavy atom. The van der Waals surface area contributed by atoms with Gasteiger partial charge in [0.25, 0.3) is 0 Å². The quantitative estimate of drug-likeness (QED) is 0.342. The number of phenols is 1. The summed E-state index contributed by atoms with van der Waals surface area (Å²) in [4.78, 5) is 28.3. The molecule has 0 radical (unpaired) electrons. The number of carboxylic acids is 1. The highest BCUT2D eigenvalue weighted by atomic mass is 19.1. The second-order valence-electron chi connectivity index (χ2n) is 13.5. The van der Waals surface area contributed by atoms with Gasteiger partial charge in [-0.1, -0.05) is 19.4 Å². The predicted molar refractivity (Wildman–Crippen MR) is 172 cm³/mol. The highest BCUT2D eigenvalue weighted by Gasteiger charge is 2.49. The van der Waals surface area contributed by atoms with Crippen LogP contribution in [0, 0.1) is 11.7 Å². The average molecular weight is 636 g/mol. The molecule has 0 aliphatic carbocycles. The van der Waals surface area contributed by atoms with Gasteiger partial charge in [0.05, 0.1) is 23.7 Å². The molecule has 7 rings (SSSR count). The van der Waals surface area contributed by atoms with Gasteiger partial charge in [0.2, 0.25) is 0 Å². The highest BCUT2D eigenvalue weighted by Crippen LogP contribution is 2.42. The van der Waals surface area contributed by atoms with E-state index in [4.69, 9.17) is 14.7 Å². The number of rotatable bonds is 7. The molecular formula is C35H43F2N5O4. The molecule has 9 nitrogen and oxygen atoms in total. The summed E-state index contributed by atoms with van der Waals surface area (Å²) in [6, 6.07) is 6.79. The fourth-order valence-corrected chi connectivity index (χ4v) is 8.36. The van der Waals surface area contributed by atoms with Crippen molar-refractivity contribution in [2.24, 2.45) is 5.92 Å². The van der Waals surface area contributed by atoms with E-state index in [-0.39, 0.29) is 29.0 Å². The summed E-state index contributed by atoms with van der Waals surface area (Å²) in [5.74, 6) is -0.509. The second-order valence-corrected chi connectivity index (χ2v) is 13.5. The lowest BCUT2D eigenvalue weighted by Crippen LogP contribution is -2.43. The van der Waals surface area contributed by atoms with Gasteiger partial charge in [-0.3, -0.25) is 9.69 Å². The largest absolute Gasteiger partial charge is 0.508 e. The molecule has 1 aromatic heterocycles. The van der Waals surface area contributed by atoms with Crippen LogP contribution < -0.4 is 14.5 Å². The Bertz CT molecular complexity index is 1640. The molecule has 3 aromatic rings. The fraction of sp³-hybridized carbons (Fsp3) is 0.571. The Kier molecular flexibility index (Phi) is 8.37. The monoisotopic (exact) mass is 635 g/mol. The van der Waals surface area contributed by atoms with Crippen LogP contribution in [0.3, 0.4) is 0 Å². The van der Waals surface area contributed by atoms with Gasteiger partial charge in [0.15, 0.2) is 0 Å². The number of alkyl halides is 1. The standard InChI is InChI=1S/C35H43F2N5O4/c1-2-26-28(37)8-7-23-16-25(43)17-30(31(23)26)41-15-10-27-29(20-41)38-34(46-21-35-11-5-13-42(35)19-24(36)18-35)39-32(27)40-12-4-3-6-22(9-14-40)33(44)45/h7-8,16-17,22,24,43H,2-6,9-15,18-21H2,1H3,(H,44,45)/t22?,24-,35+/m1/s1. The van der Waals surface area contributed by atoms with Gasteiger partial charge < -0.3 is 24.7 Å². The van der Waals surface area contributed by atoms with Crippen LogP contribution >= 0.6 is 0 Å². The average Bonchev–Trinajstić information content (AvgIpc) is 3.54. The Morgan fingerprint density at radius 3 is 2.78 bits per heavy atom. The van der Waals surface area contributed by atoms with Gasteiger partial charge in [0.1, 0.15) is 30.2 Å². The Labute approximate surface area is 268 Å². The highest BCUT2D eigenvalue weighted by molar-refractivity contribution is 5.98. The minimum absolute atomic E-state index is 0.117. The maximum Gasteiger partial charge on any atom is 0.318 e. The van der Waals surface area contributed by atoms with Crippen molar-refractivity contribution in [3.8, 4) is 11.8 Å². The molecule has 11 heteroatoms. The zero-order valence-electron chi connectivity index (χ0n) is 26.5. The molecule has 1 unspecified atom stereocenters. The van der Waals surface area contributed by atoms with Crippen LogP contribution in [-0.2, 0) is 24.2 Å². The van der Waals surface area contributed by atoms with Crippen molar-refractivity contribution in [2.75, 3.05) is 49.1 Å². The van der Waals surface area contributed by atoms with Crippen LogP contribution in [0.1, 0.15) is 68.7 Å². The van der Waals surface area contributed by atoms with E-state index in [1.54, 1.807) is 18.2 Å². The lowest BCUT2D eigenvalue weighted by atomic mass is 9.95. The van der Waals surface area contributed by atoms with Crippen molar-refractivity contribution < 1.29 is 28.5 Å². The summed E-state index contributed by atoms with van der Waals surface area (Å²) in [6.45, 7) is 5.90. The van der Waals surface area contributed by atoms with Gasteiger partial charge in [-0.25, -0.2) is 8.78 Å². The SMILES string of the molecule is CCc1c(F)ccc2cc(O)cc(N3CCc4c(nc(OC[C@@]56CCCN5C[C@H](F)C6)nc4N4CCCCC(C(=O)O)CC4)C3)c12. The molecule has 5 heterocycles. The lowest BCUT2D eigenvalue weighted by Gasteiger charge is -2.36. The number of nitrogens with zero attached hydrogens (tertiary/aromatic N) is 5. The number of ether oxygens (including phenoxy) is 1. The summed E-state index contributed by atoms with van der Waals surface area (Å²) in [5, 5.41) is 22.0. The number of phenolic OH excluding ortho intramolecular Hbond substituents is 1. The molecule has 3 fully saturated rings. The third kappa shape index (κ3) is 5.71. The lowest BCUT2D eigenvalue weighted by molar-refractivity contribution is -0.142. The molecule has 3 saturated heterocycles. The number of aliphatic carboxylic acids is 1. The van der Waals surface area contributed by atoms with Crippen molar-refractivity contribution in [3.63, 3.8) is 0 Å². The molecule has 2 aromatic carbocycles. The topological polar surface area (TPSA) is 102 Å². The number of aromatic nitrogens is 2. The third-order valence-corrected chi connectivity index (χ3v) is 10.7. The van der Waals surface area contributed by atoms with Crippen molar-refractivity contribution in [1.29, 1.82) is 0 Å². The Balaban J connectivity index is 1.25. The smallest absolute Gasteiger partial charge is 0.318 e. The van der Waals surface area contributed by atoms with E-state index in [2.05, 4.69) is 14.7 Å². The number of aryl methyl sites for hydroxylation is 1. The van der Waals surface area contributed by atoms with Crippen molar-refractivity contribution in [1.82, 2.24) is 14.9 Å². The van der Waals surface area contributed by atoms with Gasteiger partial charge >= 0.3 is 12.0 Å². The molecule has 4 aliphatic heterocycles. The van der Waals surface area contributed by atoms with E-state index in [0.717, 1.165) is 72.3 Å². The van der Waals surface area contributed by atoms with Crippen molar-refractivity contribution in [3.05, 3.63) is 46.9 Å². The van der Waals surface area contributed by atoms with Gasteiger partial charge in [-0.15, -0.1) is 0 Å². The first kappa shape index (κ1) is 30.9. The van der Waals surface area contributed by atoms with Crippen LogP contribution in [0.5, 0.6) is 11.8 Å². The van der Waals surface area contributed by atoms with E-state index in [0.29, 0.717) is 70.5 Å². The summed E-state index contributed by atoms with van der Waals surface area (Å²) in [5.41, 5.74) is 2.83. The van der Waals surface area contributed by atoms with Gasteiger partial charge in [-0.05, 0) is 74.6 Å². The molecule has 0 bridgehead atoms. The first-order valence-corrected chi connectivity index (χ1v) is 16.8. The Hall–Kier alpha value is -3.73. The Morgan fingerprint density at radius 2 is 1.96 bits per heavy atom. The molecule has 0 spiro atoms. The molecule has 2 N–H and O–H groups in total. The number of benzene rings is 2. The van der Waals surface area contributed by atoms with E-state index >= 15 is 0 Å². The van der Waals surface area contributed by atoms with E-state index in [9.17, 15) is 23.8 Å². The van der Waals surface area contributed by atoms with Crippen LogP contribution in [0.25, 0.3) is 10.8 Å². The van der Waals surface area contributed by atoms with Crippen molar-refractivity contribution >= 4 is 28.2 Å². The summed E-state index contributed by atoms with van der Waals surface area (Å²) in [7, 11) is 0. The number of fused-ring (bicyclic) bond motifs is 3. The van der Waals surface area contributed by atoms with Crippen LogP contribution in [0.15, 0.2) is 24.3 Å². The maximum atomic E-state index is 15.0. The second kappa shape index (κ2) is 12.5. The number of hydrogen-bond donors (Lipinski definition) is 2. The number of aromatic hydroxyl groups is 1. The van der Waals surface area contributed by atoms with E-state index in [1.165, 1.54) is 6.07 Å². The molecule has 4 aliphatic rings. The number of carboxylic acid groups (broad SMARTS) is 1. The first-order valence-electron chi connectivity index (χ1n) is 16.8. The van der Waals surface area contributed by atoms with Crippen LogP contribution in [0.2, 0.25) is 0 Å². The van der Waals surface area contributed by atoms with Gasteiger partial charge in [0, 0.05) is 55.3 Å².